The highest BCUT2D eigenvalue weighted by Gasteiger charge is 2.05. The van der Waals surface area contributed by atoms with Crippen molar-refractivity contribution >= 4 is 5.96 Å². The second-order valence-corrected chi connectivity index (χ2v) is 4.34. The first-order valence-electron chi connectivity index (χ1n) is 6.75. The highest BCUT2D eigenvalue weighted by Crippen LogP contribution is 2.12. The van der Waals surface area contributed by atoms with Gasteiger partial charge in [-0.25, -0.2) is 0 Å². The van der Waals surface area contributed by atoms with E-state index >= 15 is 0 Å². The Bertz CT molecular complexity index is 399. The maximum Gasteiger partial charge on any atom is 0.191 e. The fourth-order valence-electron chi connectivity index (χ4n) is 1.78. The predicted molar refractivity (Wildman–Crippen MR) is 77.5 cm³/mol. The Kier molecular flexibility index (Phi) is 7.03. The van der Waals surface area contributed by atoms with Crippen LogP contribution in [0.3, 0.4) is 0 Å². The molecule has 2 N–H and O–H groups in total. The van der Waals surface area contributed by atoms with Gasteiger partial charge in [0.15, 0.2) is 5.96 Å². The molecule has 5 nitrogen and oxygen atoms in total. The predicted octanol–water partition coefficient (Wildman–Crippen LogP) is 1.99. The van der Waals surface area contributed by atoms with Gasteiger partial charge in [0.05, 0.1) is 0 Å². The van der Waals surface area contributed by atoms with Crippen LogP contribution in [0.2, 0.25) is 0 Å². The summed E-state index contributed by atoms with van der Waals surface area (Å²) in [6, 6.07) is 2.05. The number of guanidine groups is 1. The number of ether oxygens (including phenoxy) is 1. The van der Waals surface area contributed by atoms with Gasteiger partial charge in [-0.3, -0.25) is 4.99 Å². The quantitative estimate of drug-likeness (QED) is 0.450. The van der Waals surface area contributed by atoms with E-state index in [2.05, 4.69) is 15.6 Å². The zero-order valence-electron chi connectivity index (χ0n) is 12.4. The van der Waals surface area contributed by atoms with Crippen molar-refractivity contribution in [2.45, 2.75) is 33.7 Å². The summed E-state index contributed by atoms with van der Waals surface area (Å²) in [5, 5.41) is 6.52. The van der Waals surface area contributed by atoms with E-state index in [4.69, 9.17) is 9.15 Å². The molecule has 0 bridgehead atoms. The molecule has 5 heteroatoms. The van der Waals surface area contributed by atoms with Gasteiger partial charge in [0, 0.05) is 38.9 Å². The molecule has 0 fully saturated rings. The van der Waals surface area contributed by atoms with Crippen LogP contribution in [0, 0.1) is 13.8 Å². The summed E-state index contributed by atoms with van der Waals surface area (Å²) in [6.45, 7) is 9.05. The third-order valence-electron chi connectivity index (χ3n) is 2.78. The van der Waals surface area contributed by atoms with E-state index < -0.39 is 0 Å². The molecule has 0 aromatic carbocycles. The molecule has 0 saturated heterocycles. The zero-order chi connectivity index (χ0) is 14.1. The Labute approximate surface area is 115 Å². The summed E-state index contributed by atoms with van der Waals surface area (Å²) in [7, 11) is 1.77. The molecule has 0 spiro atoms. The second-order valence-electron chi connectivity index (χ2n) is 4.34. The van der Waals surface area contributed by atoms with Crippen LogP contribution in [-0.4, -0.2) is 32.8 Å². The molecule has 1 rings (SSSR count). The highest BCUT2D eigenvalue weighted by atomic mass is 16.5. The lowest BCUT2D eigenvalue weighted by Crippen LogP contribution is -2.37. The maximum atomic E-state index is 5.49. The van der Waals surface area contributed by atoms with Crippen LogP contribution < -0.4 is 10.6 Å². The molecular weight excluding hydrogens is 242 g/mol. The van der Waals surface area contributed by atoms with Crippen LogP contribution in [0.4, 0.5) is 0 Å². The minimum absolute atomic E-state index is 0.717. The van der Waals surface area contributed by atoms with Crippen molar-refractivity contribution in [3.05, 3.63) is 23.2 Å². The first kappa shape index (κ1) is 15.6. The summed E-state index contributed by atoms with van der Waals surface area (Å²) in [5.41, 5.74) is 1.16. The monoisotopic (exact) mass is 267 g/mol. The minimum atomic E-state index is 0.717. The normalized spacial score (nSPS) is 11.7. The molecule has 19 heavy (non-hydrogen) atoms. The van der Waals surface area contributed by atoms with Crippen molar-refractivity contribution in [1.82, 2.24) is 10.6 Å². The average Bonchev–Trinajstić information content (AvgIpc) is 2.71. The topological polar surface area (TPSA) is 58.8 Å². The summed E-state index contributed by atoms with van der Waals surface area (Å²) >= 11 is 0. The van der Waals surface area contributed by atoms with Crippen LogP contribution in [0.25, 0.3) is 0 Å². The zero-order valence-corrected chi connectivity index (χ0v) is 12.4. The van der Waals surface area contributed by atoms with Crippen molar-refractivity contribution in [3.63, 3.8) is 0 Å². The summed E-state index contributed by atoms with van der Waals surface area (Å²) in [4.78, 5) is 4.18. The van der Waals surface area contributed by atoms with Gasteiger partial charge in [-0.15, -0.1) is 0 Å². The maximum absolute atomic E-state index is 5.49. The molecule has 0 atom stereocenters. The van der Waals surface area contributed by atoms with Gasteiger partial charge in [0.1, 0.15) is 11.5 Å². The van der Waals surface area contributed by atoms with Crippen LogP contribution in [0.5, 0.6) is 0 Å². The smallest absolute Gasteiger partial charge is 0.191 e. The highest BCUT2D eigenvalue weighted by molar-refractivity contribution is 5.79. The van der Waals surface area contributed by atoms with Crippen molar-refractivity contribution in [2.75, 3.05) is 26.8 Å². The van der Waals surface area contributed by atoms with Crippen LogP contribution in [-0.2, 0) is 11.3 Å². The molecule has 0 aliphatic heterocycles. The Morgan fingerprint density at radius 2 is 2.16 bits per heavy atom. The van der Waals surface area contributed by atoms with Gasteiger partial charge < -0.3 is 19.8 Å². The molecular formula is C14H25N3O2. The number of hydrogen-bond donors (Lipinski definition) is 2. The van der Waals surface area contributed by atoms with Gasteiger partial charge in [0.2, 0.25) is 0 Å². The van der Waals surface area contributed by atoms with E-state index in [-0.39, 0.29) is 0 Å². The number of furan rings is 1. The van der Waals surface area contributed by atoms with Crippen LogP contribution in [0.15, 0.2) is 15.5 Å². The number of aryl methyl sites for hydroxylation is 2. The fraction of sp³-hybridized carbons (Fsp3) is 0.643. The van der Waals surface area contributed by atoms with E-state index in [1.54, 1.807) is 7.05 Å². The molecule has 0 saturated carbocycles. The minimum Gasteiger partial charge on any atom is -0.466 e. The Hall–Kier alpha value is -1.49. The summed E-state index contributed by atoms with van der Waals surface area (Å²) in [6.07, 6.45) is 0.971. The van der Waals surface area contributed by atoms with Gasteiger partial charge in [0.25, 0.3) is 0 Å². The SMILES string of the molecule is CCOCCCNC(=NC)NCc1cc(C)oc1C. The van der Waals surface area contributed by atoms with Crippen molar-refractivity contribution in [1.29, 1.82) is 0 Å². The van der Waals surface area contributed by atoms with Gasteiger partial charge >= 0.3 is 0 Å². The average molecular weight is 267 g/mol. The third kappa shape index (κ3) is 5.79. The van der Waals surface area contributed by atoms with Gasteiger partial charge in [-0.2, -0.15) is 0 Å². The van der Waals surface area contributed by atoms with Crippen LogP contribution >= 0.6 is 0 Å². The van der Waals surface area contributed by atoms with Crippen molar-refractivity contribution in [3.8, 4) is 0 Å². The first-order chi connectivity index (χ1) is 9.17. The molecule has 0 aliphatic carbocycles. The number of aliphatic imine (C=N–C) groups is 1. The molecule has 108 valence electrons. The van der Waals surface area contributed by atoms with E-state index in [0.29, 0.717) is 6.54 Å². The largest absolute Gasteiger partial charge is 0.466 e. The lowest BCUT2D eigenvalue weighted by atomic mass is 10.2. The Morgan fingerprint density at radius 3 is 2.74 bits per heavy atom. The molecule has 0 aliphatic rings. The lowest BCUT2D eigenvalue weighted by Gasteiger charge is -2.11. The number of rotatable bonds is 7. The standard InChI is InChI=1S/C14H25N3O2/c1-5-18-8-6-7-16-14(15-4)17-10-13-9-11(2)19-12(13)3/h9H,5-8,10H2,1-4H3,(H2,15,16,17). The molecule has 0 radical (unpaired) electrons. The number of nitrogens with zero attached hydrogens (tertiary/aromatic N) is 1. The Morgan fingerprint density at radius 1 is 1.37 bits per heavy atom. The van der Waals surface area contributed by atoms with E-state index in [1.165, 1.54) is 0 Å². The first-order valence-corrected chi connectivity index (χ1v) is 6.75. The van der Waals surface area contributed by atoms with E-state index in [1.807, 2.05) is 26.8 Å². The molecule has 0 unspecified atom stereocenters. The molecule has 0 amide bonds. The third-order valence-corrected chi connectivity index (χ3v) is 2.78. The fourth-order valence-corrected chi connectivity index (χ4v) is 1.78. The summed E-state index contributed by atoms with van der Waals surface area (Å²) in [5.74, 6) is 2.69. The second kappa shape index (κ2) is 8.58. The van der Waals surface area contributed by atoms with Crippen molar-refractivity contribution < 1.29 is 9.15 Å². The number of hydrogen-bond acceptors (Lipinski definition) is 3. The van der Waals surface area contributed by atoms with E-state index in [9.17, 15) is 0 Å². The van der Waals surface area contributed by atoms with Crippen molar-refractivity contribution in [2.24, 2.45) is 4.99 Å². The Balaban J connectivity index is 2.27. The van der Waals surface area contributed by atoms with E-state index in [0.717, 1.165) is 49.2 Å². The number of nitrogens with one attached hydrogen (secondary N) is 2. The summed E-state index contributed by atoms with van der Waals surface area (Å²) < 4.78 is 10.8. The van der Waals surface area contributed by atoms with Gasteiger partial charge in [-0.05, 0) is 33.3 Å². The molecule has 1 aromatic rings. The molecule has 1 heterocycles. The van der Waals surface area contributed by atoms with Crippen LogP contribution in [0.1, 0.15) is 30.4 Å². The molecule has 1 aromatic heterocycles. The van der Waals surface area contributed by atoms with Gasteiger partial charge in [-0.1, -0.05) is 0 Å². The lowest BCUT2D eigenvalue weighted by molar-refractivity contribution is 0.145.